The van der Waals surface area contributed by atoms with Crippen LogP contribution in [0.2, 0.25) is 0 Å². The Morgan fingerprint density at radius 1 is 1.29 bits per heavy atom. The van der Waals surface area contributed by atoms with E-state index in [0.29, 0.717) is 0 Å². The fraction of sp³-hybridized carbons (Fsp3) is 0.600. The van der Waals surface area contributed by atoms with Crippen molar-refractivity contribution < 1.29 is 0 Å². The summed E-state index contributed by atoms with van der Waals surface area (Å²) in [6.45, 7) is 5.60. The molecule has 1 fully saturated rings. The number of benzene rings is 1. The predicted molar refractivity (Wildman–Crippen MR) is 72.8 cm³/mol. The SMILES string of the molecule is CN(CC(C)(C)C(N)c1ccccc1)C1CC1. The van der Waals surface area contributed by atoms with Gasteiger partial charge in [-0.25, -0.2) is 0 Å². The van der Waals surface area contributed by atoms with E-state index in [-0.39, 0.29) is 11.5 Å². The second kappa shape index (κ2) is 4.79. The van der Waals surface area contributed by atoms with Gasteiger partial charge >= 0.3 is 0 Å². The summed E-state index contributed by atoms with van der Waals surface area (Å²) in [6, 6.07) is 11.3. The summed E-state index contributed by atoms with van der Waals surface area (Å²) in [5.41, 5.74) is 7.76. The minimum Gasteiger partial charge on any atom is -0.323 e. The van der Waals surface area contributed by atoms with Crippen LogP contribution in [0.3, 0.4) is 0 Å². The van der Waals surface area contributed by atoms with Gasteiger partial charge in [-0.2, -0.15) is 0 Å². The van der Waals surface area contributed by atoms with Gasteiger partial charge < -0.3 is 10.6 Å². The Morgan fingerprint density at radius 3 is 2.41 bits per heavy atom. The van der Waals surface area contributed by atoms with Gasteiger partial charge in [-0.3, -0.25) is 0 Å². The summed E-state index contributed by atoms with van der Waals surface area (Å²) < 4.78 is 0. The van der Waals surface area contributed by atoms with E-state index in [1.54, 1.807) is 0 Å². The fourth-order valence-electron chi connectivity index (χ4n) is 2.50. The van der Waals surface area contributed by atoms with Crippen LogP contribution < -0.4 is 5.73 Å². The minimum absolute atomic E-state index is 0.102. The molecule has 1 aromatic carbocycles. The lowest BCUT2D eigenvalue weighted by Crippen LogP contribution is -2.40. The van der Waals surface area contributed by atoms with Crippen molar-refractivity contribution in [3.63, 3.8) is 0 Å². The molecule has 1 aliphatic carbocycles. The van der Waals surface area contributed by atoms with Gasteiger partial charge in [-0.1, -0.05) is 44.2 Å². The average Bonchev–Trinajstić information content (AvgIpc) is 3.12. The normalized spacial score (nSPS) is 18.4. The molecule has 0 spiro atoms. The first-order valence-corrected chi connectivity index (χ1v) is 6.51. The highest BCUT2D eigenvalue weighted by Gasteiger charge is 2.34. The van der Waals surface area contributed by atoms with Crippen LogP contribution in [0, 0.1) is 5.41 Å². The maximum atomic E-state index is 6.41. The van der Waals surface area contributed by atoms with Gasteiger partial charge in [0.15, 0.2) is 0 Å². The quantitative estimate of drug-likeness (QED) is 0.846. The number of hydrogen-bond acceptors (Lipinski definition) is 2. The minimum atomic E-state index is 0.102. The summed E-state index contributed by atoms with van der Waals surface area (Å²) in [5.74, 6) is 0. The van der Waals surface area contributed by atoms with E-state index in [0.717, 1.165) is 12.6 Å². The summed E-state index contributed by atoms with van der Waals surface area (Å²) in [4.78, 5) is 2.46. The molecule has 0 amide bonds. The molecule has 0 bridgehead atoms. The first-order chi connectivity index (χ1) is 8.00. The maximum absolute atomic E-state index is 6.41. The van der Waals surface area contributed by atoms with Gasteiger partial charge in [0.2, 0.25) is 0 Å². The van der Waals surface area contributed by atoms with Crippen LogP contribution >= 0.6 is 0 Å². The van der Waals surface area contributed by atoms with E-state index in [4.69, 9.17) is 5.73 Å². The van der Waals surface area contributed by atoms with Crippen molar-refractivity contribution in [1.82, 2.24) is 4.90 Å². The largest absolute Gasteiger partial charge is 0.323 e. The van der Waals surface area contributed by atoms with Gasteiger partial charge in [0.05, 0.1) is 0 Å². The van der Waals surface area contributed by atoms with Crippen LogP contribution in [0.5, 0.6) is 0 Å². The monoisotopic (exact) mass is 232 g/mol. The van der Waals surface area contributed by atoms with Gasteiger partial charge in [0, 0.05) is 18.6 Å². The van der Waals surface area contributed by atoms with E-state index in [2.05, 4.69) is 50.1 Å². The zero-order chi connectivity index (χ0) is 12.5. The molecule has 2 heteroatoms. The van der Waals surface area contributed by atoms with Crippen LogP contribution in [-0.2, 0) is 0 Å². The van der Waals surface area contributed by atoms with E-state index in [1.165, 1.54) is 18.4 Å². The van der Waals surface area contributed by atoms with Crippen LogP contribution in [0.4, 0.5) is 0 Å². The highest BCUT2D eigenvalue weighted by atomic mass is 15.2. The Bertz CT molecular complexity index is 354. The molecule has 1 saturated carbocycles. The fourth-order valence-corrected chi connectivity index (χ4v) is 2.50. The van der Waals surface area contributed by atoms with E-state index in [1.807, 2.05) is 6.07 Å². The molecule has 2 nitrogen and oxygen atoms in total. The highest BCUT2D eigenvalue weighted by molar-refractivity contribution is 5.20. The zero-order valence-corrected chi connectivity index (χ0v) is 11.2. The molecule has 1 aromatic rings. The molecular formula is C15H24N2. The van der Waals surface area contributed by atoms with Gasteiger partial charge in [-0.05, 0) is 30.9 Å². The maximum Gasteiger partial charge on any atom is 0.0359 e. The summed E-state index contributed by atoms with van der Waals surface area (Å²) >= 11 is 0. The Kier molecular flexibility index (Phi) is 3.55. The highest BCUT2D eigenvalue weighted by Crippen LogP contribution is 2.35. The van der Waals surface area contributed by atoms with Crippen LogP contribution in [0.1, 0.15) is 38.3 Å². The average molecular weight is 232 g/mol. The first-order valence-electron chi connectivity index (χ1n) is 6.51. The Labute approximate surface area is 105 Å². The standard InChI is InChI=1S/C15H24N2/c1-15(2,11-17(3)13-9-10-13)14(16)12-7-5-4-6-8-12/h4-8,13-14H,9-11,16H2,1-3H3. The number of hydrogen-bond donors (Lipinski definition) is 1. The van der Waals surface area contributed by atoms with Gasteiger partial charge in [0.25, 0.3) is 0 Å². The van der Waals surface area contributed by atoms with E-state index in [9.17, 15) is 0 Å². The third kappa shape index (κ3) is 3.08. The topological polar surface area (TPSA) is 29.3 Å². The first kappa shape index (κ1) is 12.6. The molecule has 94 valence electrons. The van der Waals surface area contributed by atoms with Crippen molar-refractivity contribution in [2.75, 3.05) is 13.6 Å². The summed E-state index contributed by atoms with van der Waals surface area (Å²) in [6.07, 6.45) is 2.71. The third-order valence-electron chi connectivity index (χ3n) is 3.83. The van der Waals surface area contributed by atoms with Crippen molar-refractivity contribution in [3.05, 3.63) is 35.9 Å². The smallest absolute Gasteiger partial charge is 0.0359 e. The lowest BCUT2D eigenvalue weighted by atomic mass is 9.80. The van der Waals surface area contributed by atoms with Crippen LogP contribution in [0.25, 0.3) is 0 Å². The second-order valence-electron chi connectivity index (χ2n) is 6.02. The lowest BCUT2D eigenvalue weighted by Gasteiger charge is -2.35. The summed E-state index contributed by atoms with van der Waals surface area (Å²) in [7, 11) is 2.22. The zero-order valence-electron chi connectivity index (χ0n) is 11.2. The third-order valence-corrected chi connectivity index (χ3v) is 3.83. The summed E-state index contributed by atoms with van der Waals surface area (Å²) in [5, 5.41) is 0. The molecule has 2 rings (SSSR count). The molecule has 0 heterocycles. The molecule has 17 heavy (non-hydrogen) atoms. The van der Waals surface area contributed by atoms with Crippen molar-refractivity contribution in [1.29, 1.82) is 0 Å². The van der Waals surface area contributed by atoms with Crippen LogP contribution in [-0.4, -0.2) is 24.5 Å². The van der Waals surface area contributed by atoms with E-state index >= 15 is 0 Å². The molecule has 0 radical (unpaired) electrons. The van der Waals surface area contributed by atoms with Crippen molar-refractivity contribution >= 4 is 0 Å². The lowest BCUT2D eigenvalue weighted by molar-refractivity contribution is 0.171. The molecule has 1 atom stereocenters. The van der Waals surface area contributed by atoms with Gasteiger partial charge in [-0.15, -0.1) is 0 Å². The number of nitrogens with two attached hydrogens (primary N) is 1. The Hall–Kier alpha value is -0.860. The molecule has 2 N–H and O–H groups in total. The molecule has 1 unspecified atom stereocenters. The molecule has 0 saturated heterocycles. The van der Waals surface area contributed by atoms with Crippen molar-refractivity contribution in [2.45, 2.75) is 38.8 Å². The van der Waals surface area contributed by atoms with Crippen LogP contribution in [0.15, 0.2) is 30.3 Å². The van der Waals surface area contributed by atoms with Crippen molar-refractivity contribution in [3.8, 4) is 0 Å². The van der Waals surface area contributed by atoms with Gasteiger partial charge in [0.1, 0.15) is 0 Å². The Morgan fingerprint density at radius 2 is 1.88 bits per heavy atom. The molecule has 0 aliphatic heterocycles. The Balaban J connectivity index is 2.03. The molecule has 1 aliphatic rings. The number of nitrogens with zero attached hydrogens (tertiary/aromatic N) is 1. The second-order valence-corrected chi connectivity index (χ2v) is 6.02. The number of rotatable bonds is 5. The van der Waals surface area contributed by atoms with E-state index < -0.39 is 0 Å². The predicted octanol–water partition coefficient (Wildman–Crippen LogP) is 2.81. The van der Waals surface area contributed by atoms with Crippen molar-refractivity contribution in [2.24, 2.45) is 11.1 Å². The molecule has 0 aromatic heterocycles. The molecular weight excluding hydrogens is 208 g/mol.